The molecule has 0 saturated heterocycles. The molecule has 7 heteroatoms. The molecular formula is C9H15CsN2O4. The van der Waals surface area contributed by atoms with E-state index in [1.165, 1.54) is 13.3 Å². The third-order valence-electron chi connectivity index (χ3n) is 1.79. The second-order valence-corrected chi connectivity index (χ2v) is 3.12. The van der Waals surface area contributed by atoms with Gasteiger partial charge in [-0.1, -0.05) is 0 Å². The fraction of sp³-hybridized carbons (Fsp3) is 0.667. The van der Waals surface area contributed by atoms with E-state index in [0.717, 1.165) is 0 Å². The number of unbranched alkanes of at least 4 members (excludes halogenated alkanes) is 1. The number of aliphatic carboxylic acids is 1. The van der Waals surface area contributed by atoms with Crippen molar-refractivity contribution >= 4 is 18.3 Å². The van der Waals surface area contributed by atoms with Crippen molar-refractivity contribution in [2.75, 3.05) is 6.54 Å². The first-order chi connectivity index (χ1) is 7.07. The first-order valence-electron chi connectivity index (χ1n) is 4.68. The number of nitrogens with one attached hydrogen (secondary N) is 2. The molecule has 0 aromatic heterocycles. The number of hydrogen-bond acceptors (Lipinski definition) is 3. The first kappa shape index (κ1) is 18.8. The Balaban J connectivity index is 0. The van der Waals surface area contributed by atoms with E-state index in [1.807, 2.05) is 0 Å². The van der Waals surface area contributed by atoms with Crippen molar-refractivity contribution in [1.82, 2.24) is 10.6 Å². The fourth-order valence-electron chi connectivity index (χ4n) is 1.12. The average molecular weight is 348 g/mol. The summed E-state index contributed by atoms with van der Waals surface area (Å²) in [7, 11) is 0. The molecule has 0 aliphatic heterocycles. The second kappa shape index (κ2) is 11.9. The van der Waals surface area contributed by atoms with Crippen LogP contribution in [-0.2, 0) is 14.4 Å². The Morgan fingerprint density at radius 3 is 2.44 bits per heavy atom. The summed E-state index contributed by atoms with van der Waals surface area (Å²) in [6.45, 7) is 1.74. The Morgan fingerprint density at radius 1 is 1.38 bits per heavy atom. The van der Waals surface area contributed by atoms with Crippen molar-refractivity contribution < 1.29 is 88.4 Å². The minimum atomic E-state index is -1.04. The van der Waals surface area contributed by atoms with E-state index in [4.69, 9.17) is 5.11 Å². The molecule has 0 fully saturated rings. The van der Waals surface area contributed by atoms with Crippen molar-refractivity contribution in [2.24, 2.45) is 0 Å². The van der Waals surface area contributed by atoms with Crippen molar-refractivity contribution in [3.05, 3.63) is 0 Å². The fourth-order valence-corrected chi connectivity index (χ4v) is 1.12. The van der Waals surface area contributed by atoms with Crippen LogP contribution in [0.4, 0.5) is 0 Å². The van der Waals surface area contributed by atoms with Gasteiger partial charge in [-0.2, -0.15) is 6.41 Å². The van der Waals surface area contributed by atoms with Crippen LogP contribution < -0.4 is 79.5 Å². The summed E-state index contributed by atoms with van der Waals surface area (Å²) in [5.74, 6) is -1.40. The number of carboxylic acids is 1. The Labute approximate surface area is 153 Å². The van der Waals surface area contributed by atoms with E-state index in [0.29, 0.717) is 25.8 Å². The van der Waals surface area contributed by atoms with Gasteiger partial charge in [0, 0.05) is 6.92 Å². The van der Waals surface area contributed by atoms with Gasteiger partial charge in [-0.25, -0.2) is 4.79 Å². The van der Waals surface area contributed by atoms with E-state index in [-0.39, 0.29) is 74.8 Å². The second-order valence-electron chi connectivity index (χ2n) is 3.12. The third kappa shape index (κ3) is 11.0. The molecule has 0 radical (unpaired) electrons. The van der Waals surface area contributed by atoms with Gasteiger partial charge in [0.2, 0.25) is 5.91 Å². The van der Waals surface area contributed by atoms with Crippen molar-refractivity contribution in [2.45, 2.75) is 32.2 Å². The molecule has 0 spiro atoms. The maximum atomic E-state index is 10.7. The molecule has 0 rings (SSSR count). The van der Waals surface area contributed by atoms with Gasteiger partial charge in [0.25, 0.3) is 0 Å². The molecule has 16 heavy (non-hydrogen) atoms. The number of rotatable bonds is 8. The minimum absolute atomic E-state index is 0. The molecule has 1 atom stereocenters. The van der Waals surface area contributed by atoms with E-state index in [9.17, 15) is 14.4 Å². The third-order valence-corrected chi connectivity index (χ3v) is 1.79. The zero-order valence-corrected chi connectivity index (χ0v) is 15.9. The van der Waals surface area contributed by atoms with E-state index >= 15 is 0 Å². The summed E-state index contributed by atoms with van der Waals surface area (Å²) in [6, 6.07) is -0.845. The number of carbonyl (C=O) groups excluding carboxylic acids is 2. The topological polar surface area (TPSA) is 95.5 Å². The van der Waals surface area contributed by atoms with Crippen molar-refractivity contribution in [3.8, 4) is 0 Å². The van der Waals surface area contributed by atoms with Crippen LogP contribution in [0.5, 0.6) is 0 Å². The van der Waals surface area contributed by atoms with Gasteiger partial charge in [0.15, 0.2) is 0 Å². The van der Waals surface area contributed by atoms with Crippen molar-refractivity contribution in [3.63, 3.8) is 0 Å². The molecule has 0 aromatic rings. The Bertz CT molecular complexity index is 236. The van der Waals surface area contributed by atoms with Crippen molar-refractivity contribution in [1.29, 1.82) is 0 Å². The van der Waals surface area contributed by atoms with Gasteiger partial charge >= 0.3 is 74.9 Å². The first-order valence-corrected chi connectivity index (χ1v) is 4.68. The largest absolute Gasteiger partial charge is 1.00 e. The van der Waals surface area contributed by atoms with Crippen LogP contribution in [0, 0.1) is 0 Å². The average Bonchev–Trinajstić information content (AvgIpc) is 2.15. The molecule has 0 heterocycles. The van der Waals surface area contributed by atoms with Gasteiger partial charge in [-0.05, 0) is 25.8 Å². The smallest absolute Gasteiger partial charge is 0.530 e. The molecule has 0 aromatic carbocycles. The number of amides is 2. The quantitative estimate of drug-likeness (QED) is 0.240. The molecule has 0 aliphatic carbocycles. The summed E-state index contributed by atoms with van der Waals surface area (Å²) in [4.78, 5) is 31.1. The monoisotopic (exact) mass is 348 g/mol. The summed E-state index contributed by atoms with van der Waals surface area (Å²) in [6.07, 6.45) is 3.16. The summed E-state index contributed by atoms with van der Waals surface area (Å²) in [5, 5.41) is 13.4. The Kier molecular flexibility index (Phi) is 14.0. The molecule has 2 amide bonds. The van der Waals surface area contributed by atoms with Crippen LogP contribution in [0.25, 0.3) is 0 Å². The van der Waals surface area contributed by atoms with Crippen LogP contribution in [-0.4, -0.2) is 36.0 Å². The van der Waals surface area contributed by atoms with Crippen LogP contribution in [0.3, 0.4) is 0 Å². The predicted octanol–water partition coefficient (Wildman–Crippen LogP) is -3.59. The molecule has 3 N–H and O–H groups in total. The van der Waals surface area contributed by atoms with Crippen LogP contribution in [0.1, 0.15) is 26.2 Å². The zero-order valence-electron chi connectivity index (χ0n) is 9.58. The Morgan fingerprint density at radius 2 is 2.00 bits per heavy atom. The van der Waals surface area contributed by atoms with Gasteiger partial charge in [-0.3, -0.25) is 4.79 Å². The molecular weight excluding hydrogens is 333 g/mol. The SMILES string of the molecule is CC(=O)NC(CCCCN[C-]=O)C(=O)O.[Cs+]. The van der Waals surface area contributed by atoms with E-state index in [2.05, 4.69) is 10.6 Å². The predicted molar refractivity (Wildman–Crippen MR) is 52.8 cm³/mol. The maximum absolute atomic E-state index is 10.7. The maximum Gasteiger partial charge on any atom is 1.00 e. The minimum Gasteiger partial charge on any atom is -0.530 e. The number of hydrogen-bond donors (Lipinski definition) is 3. The molecule has 86 valence electrons. The summed E-state index contributed by atoms with van der Waals surface area (Å²) in [5.41, 5.74) is 0. The van der Waals surface area contributed by atoms with E-state index in [1.54, 1.807) is 0 Å². The normalized spacial score (nSPS) is 10.8. The molecule has 1 unspecified atom stereocenters. The van der Waals surface area contributed by atoms with Gasteiger partial charge in [-0.15, -0.1) is 0 Å². The van der Waals surface area contributed by atoms with Gasteiger partial charge in [0.1, 0.15) is 6.04 Å². The molecule has 0 saturated carbocycles. The standard InChI is InChI=1S/C9H15N2O4.Cs/c1-7(13)11-8(9(14)15)4-2-3-5-10-6-12;/h8H,2-5H2,1H3,(H,10,12)(H,11,13)(H,14,15);/q-1;+1. The van der Waals surface area contributed by atoms with Crippen LogP contribution in [0.15, 0.2) is 0 Å². The van der Waals surface area contributed by atoms with Gasteiger partial charge in [0.05, 0.1) is 0 Å². The molecule has 0 bridgehead atoms. The van der Waals surface area contributed by atoms with E-state index < -0.39 is 12.0 Å². The zero-order chi connectivity index (χ0) is 11.7. The summed E-state index contributed by atoms with van der Waals surface area (Å²) < 4.78 is 0. The van der Waals surface area contributed by atoms with Gasteiger partial charge < -0.3 is 20.5 Å². The molecule has 0 aliphatic rings. The Hall–Kier alpha value is 0.462. The van der Waals surface area contributed by atoms with Crippen LogP contribution >= 0.6 is 0 Å². The van der Waals surface area contributed by atoms with Crippen LogP contribution in [0.2, 0.25) is 0 Å². The molecule has 6 nitrogen and oxygen atoms in total. The summed E-state index contributed by atoms with van der Waals surface area (Å²) >= 11 is 0. The number of carboxylic acid groups (broad SMARTS) is 1. The number of carbonyl (C=O) groups is 2.